The maximum absolute atomic E-state index is 10.9. The smallest absolute Gasteiger partial charge is 0.161 e. The highest BCUT2D eigenvalue weighted by Crippen LogP contribution is 2.32. The predicted octanol–water partition coefficient (Wildman–Crippen LogP) is 2.69. The van der Waals surface area contributed by atoms with E-state index in [0.29, 0.717) is 36.0 Å². The highest BCUT2D eigenvalue weighted by Gasteiger charge is 2.11. The minimum atomic E-state index is 0.520. The van der Waals surface area contributed by atoms with Crippen LogP contribution in [0.2, 0.25) is 0 Å². The number of aldehydes is 1. The summed E-state index contributed by atoms with van der Waals surface area (Å²) in [6, 6.07) is 5.54. The fourth-order valence-corrected chi connectivity index (χ4v) is 1.82. The number of aromatic nitrogens is 2. The molecule has 19 heavy (non-hydrogen) atoms. The van der Waals surface area contributed by atoms with Crippen LogP contribution in [0, 0.1) is 0 Å². The van der Waals surface area contributed by atoms with Gasteiger partial charge in [-0.05, 0) is 32.0 Å². The first kappa shape index (κ1) is 13.1. The number of nitrogens with one attached hydrogen (secondary N) is 1. The van der Waals surface area contributed by atoms with Gasteiger partial charge in [0.1, 0.15) is 0 Å². The van der Waals surface area contributed by atoms with E-state index in [-0.39, 0.29) is 0 Å². The molecule has 0 amide bonds. The Bertz CT molecular complexity index is 564. The van der Waals surface area contributed by atoms with Crippen LogP contribution in [-0.2, 0) is 0 Å². The van der Waals surface area contributed by atoms with Crippen molar-refractivity contribution < 1.29 is 14.3 Å². The van der Waals surface area contributed by atoms with E-state index in [4.69, 9.17) is 9.47 Å². The minimum absolute atomic E-state index is 0.520. The van der Waals surface area contributed by atoms with Crippen molar-refractivity contribution in [2.24, 2.45) is 0 Å². The molecule has 1 heterocycles. The van der Waals surface area contributed by atoms with Crippen LogP contribution in [0.1, 0.15) is 24.2 Å². The van der Waals surface area contributed by atoms with E-state index in [2.05, 4.69) is 10.2 Å². The zero-order chi connectivity index (χ0) is 13.7. The molecule has 0 spiro atoms. The number of hydrogen-bond donors (Lipinski definition) is 1. The summed E-state index contributed by atoms with van der Waals surface area (Å²) in [5.74, 6) is 1.36. The zero-order valence-electron chi connectivity index (χ0n) is 11.0. The Labute approximate surface area is 111 Å². The van der Waals surface area contributed by atoms with Crippen molar-refractivity contribution in [1.82, 2.24) is 10.2 Å². The molecule has 0 bridgehead atoms. The Morgan fingerprint density at radius 3 is 2.63 bits per heavy atom. The molecule has 5 heteroatoms. The van der Waals surface area contributed by atoms with Gasteiger partial charge < -0.3 is 9.47 Å². The fourth-order valence-electron chi connectivity index (χ4n) is 1.82. The van der Waals surface area contributed by atoms with Crippen LogP contribution in [0.25, 0.3) is 11.3 Å². The summed E-state index contributed by atoms with van der Waals surface area (Å²) in [6.07, 6.45) is 2.27. The molecule has 0 aliphatic heterocycles. The number of H-pyrrole nitrogens is 1. The highest BCUT2D eigenvalue weighted by molar-refractivity contribution is 5.85. The van der Waals surface area contributed by atoms with Crippen LogP contribution in [0.3, 0.4) is 0 Å². The number of carbonyl (C=O) groups is 1. The van der Waals surface area contributed by atoms with E-state index in [0.717, 1.165) is 11.8 Å². The van der Waals surface area contributed by atoms with Crippen molar-refractivity contribution in [2.75, 3.05) is 13.2 Å². The average molecular weight is 260 g/mol. The van der Waals surface area contributed by atoms with Crippen molar-refractivity contribution >= 4 is 6.29 Å². The van der Waals surface area contributed by atoms with Gasteiger partial charge in [-0.2, -0.15) is 5.10 Å². The van der Waals surface area contributed by atoms with Gasteiger partial charge in [0.2, 0.25) is 0 Å². The lowest BCUT2D eigenvalue weighted by molar-refractivity contribution is 0.112. The molecule has 100 valence electrons. The van der Waals surface area contributed by atoms with Gasteiger partial charge in [0.25, 0.3) is 0 Å². The minimum Gasteiger partial charge on any atom is -0.490 e. The van der Waals surface area contributed by atoms with E-state index in [1.807, 2.05) is 32.0 Å². The molecule has 1 aromatic heterocycles. The van der Waals surface area contributed by atoms with E-state index < -0.39 is 0 Å². The van der Waals surface area contributed by atoms with Crippen LogP contribution in [0.15, 0.2) is 24.4 Å². The number of carbonyl (C=O) groups excluding carboxylic acids is 1. The van der Waals surface area contributed by atoms with Crippen LogP contribution in [0.5, 0.6) is 11.5 Å². The van der Waals surface area contributed by atoms with Crippen molar-refractivity contribution in [2.45, 2.75) is 13.8 Å². The second-order valence-electron chi connectivity index (χ2n) is 3.85. The molecule has 0 unspecified atom stereocenters. The number of ether oxygens (including phenoxy) is 2. The van der Waals surface area contributed by atoms with Gasteiger partial charge in [0.15, 0.2) is 17.8 Å². The van der Waals surface area contributed by atoms with Gasteiger partial charge >= 0.3 is 0 Å². The molecule has 0 radical (unpaired) electrons. The van der Waals surface area contributed by atoms with Gasteiger partial charge in [0, 0.05) is 5.56 Å². The summed E-state index contributed by atoms with van der Waals surface area (Å²) >= 11 is 0. The Hall–Kier alpha value is -2.30. The van der Waals surface area contributed by atoms with E-state index in [1.165, 1.54) is 6.20 Å². The lowest BCUT2D eigenvalue weighted by Gasteiger charge is -2.12. The Balaban J connectivity index is 2.42. The standard InChI is InChI=1S/C14H16N2O3/c1-3-18-12-6-5-10(7-13(12)19-4-2)14-11(9-17)8-15-16-14/h5-9H,3-4H2,1-2H3,(H,15,16). The summed E-state index contributed by atoms with van der Waals surface area (Å²) < 4.78 is 11.1. The molecule has 0 aliphatic carbocycles. The van der Waals surface area contributed by atoms with Crippen LogP contribution in [0.4, 0.5) is 0 Å². The van der Waals surface area contributed by atoms with Crippen molar-refractivity contribution in [3.05, 3.63) is 30.0 Å². The van der Waals surface area contributed by atoms with Gasteiger partial charge in [-0.15, -0.1) is 0 Å². The lowest BCUT2D eigenvalue weighted by atomic mass is 10.1. The van der Waals surface area contributed by atoms with Gasteiger partial charge in [-0.25, -0.2) is 0 Å². The topological polar surface area (TPSA) is 64.2 Å². The molecule has 2 rings (SSSR count). The molecular formula is C14H16N2O3. The molecule has 0 fully saturated rings. The summed E-state index contributed by atoms with van der Waals surface area (Å²) in [5.41, 5.74) is 2.04. The van der Waals surface area contributed by atoms with Gasteiger partial charge in [0.05, 0.1) is 30.7 Å². The first-order valence-electron chi connectivity index (χ1n) is 6.18. The Kier molecular flexibility index (Phi) is 4.18. The monoisotopic (exact) mass is 260 g/mol. The van der Waals surface area contributed by atoms with E-state index in [1.54, 1.807) is 0 Å². The third kappa shape index (κ3) is 2.76. The van der Waals surface area contributed by atoms with E-state index >= 15 is 0 Å². The number of rotatable bonds is 6. The number of aromatic amines is 1. The SMILES string of the molecule is CCOc1ccc(-c2[nH]ncc2C=O)cc1OCC. The molecule has 0 aliphatic rings. The summed E-state index contributed by atoms with van der Waals surface area (Å²) in [6.45, 7) is 4.95. The molecule has 2 aromatic rings. The summed E-state index contributed by atoms with van der Waals surface area (Å²) in [5, 5.41) is 6.69. The molecule has 0 saturated heterocycles. The molecule has 0 atom stereocenters. The van der Waals surface area contributed by atoms with Gasteiger partial charge in [-0.1, -0.05) is 0 Å². The molecule has 1 N–H and O–H groups in total. The first-order valence-corrected chi connectivity index (χ1v) is 6.18. The largest absolute Gasteiger partial charge is 0.490 e. The van der Waals surface area contributed by atoms with Crippen LogP contribution < -0.4 is 9.47 Å². The molecule has 1 aromatic carbocycles. The highest BCUT2D eigenvalue weighted by atomic mass is 16.5. The Morgan fingerprint density at radius 1 is 1.21 bits per heavy atom. The zero-order valence-corrected chi connectivity index (χ0v) is 11.0. The Morgan fingerprint density at radius 2 is 1.95 bits per heavy atom. The molecular weight excluding hydrogens is 244 g/mol. The number of hydrogen-bond acceptors (Lipinski definition) is 4. The van der Waals surface area contributed by atoms with E-state index in [9.17, 15) is 4.79 Å². The summed E-state index contributed by atoms with van der Waals surface area (Å²) in [7, 11) is 0. The second kappa shape index (κ2) is 6.04. The summed E-state index contributed by atoms with van der Waals surface area (Å²) in [4.78, 5) is 10.9. The van der Waals surface area contributed by atoms with Gasteiger partial charge in [-0.3, -0.25) is 9.89 Å². The lowest BCUT2D eigenvalue weighted by Crippen LogP contribution is -1.98. The van der Waals surface area contributed by atoms with Crippen molar-refractivity contribution in [1.29, 1.82) is 0 Å². The molecule has 5 nitrogen and oxygen atoms in total. The third-order valence-electron chi connectivity index (χ3n) is 2.63. The quantitative estimate of drug-likeness (QED) is 0.811. The second-order valence-corrected chi connectivity index (χ2v) is 3.85. The van der Waals surface area contributed by atoms with Crippen molar-refractivity contribution in [3.63, 3.8) is 0 Å². The number of nitrogens with zero attached hydrogens (tertiary/aromatic N) is 1. The normalized spacial score (nSPS) is 10.2. The fraction of sp³-hybridized carbons (Fsp3) is 0.286. The van der Waals surface area contributed by atoms with Crippen LogP contribution >= 0.6 is 0 Å². The molecule has 0 saturated carbocycles. The number of benzene rings is 1. The predicted molar refractivity (Wildman–Crippen MR) is 71.7 cm³/mol. The third-order valence-corrected chi connectivity index (χ3v) is 2.63. The maximum Gasteiger partial charge on any atom is 0.161 e. The average Bonchev–Trinajstić information content (AvgIpc) is 2.89. The van der Waals surface area contributed by atoms with Crippen LogP contribution in [-0.4, -0.2) is 29.7 Å². The first-order chi connectivity index (χ1) is 9.30. The maximum atomic E-state index is 10.9. The van der Waals surface area contributed by atoms with Crippen molar-refractivity contribution in [3.8, 4) is 22.8 Å².